The maximum absolute atomic E-state index is 15.0. The fourth-order valence-electron chi connectivity index (χ4n) is 3.77. The number of aromatic nitrogens is 4. The highest BCUT2D eigenvalue weighted by molar-refractivity contribution is 7.95. The fourth-order valence-corrected chi connectivity index (χ4v) is 6.04. The number of alkyl halides is 1. The molecule has 0 amide bonds. The van der Waals surface area contributed by atoms with Crippen molar-refractivity contribution in [2.24, 2.45) is 15.1 Å². The van der Waals surface area contributed by atoms with Gasteiger partial charge in [0.15, 0.2) is 5.82 Å². The van der Waals surface area contributed by atoms with Crippen LogP contribution in [0.25, 0.3) is 17.1 Å². The lowest BCUT2D eigenvalue weighted by Crippen LogP contribution is -2.56. The van der Waals surface area contributed by atoms with Gasteiger partial charge in [-0.05, 0) is 44.2 Å². The number of hydrogen-bond donors (Lipinski definition) is 1. The van der Waals surface area contributed by atoms with E-state index >= 15 is 4.39 Å². The Hall–Kier alpha value is -3.72. The Morgan fingerprint density at radius 3 is 2.71 bits per heavy atom. The van der Waals surface area contributed by atoms with Crippen LogP contribution in [0.1, 0.15) is 25.0 Å². The van der Waals surface area contributed by atoms with E-state index in [1.165, 1.54) is 36.1 Å². The van der Waals surface area contributed by atoms with Crippen LogP contribution in [0.2, 0.25) is 0 Å². The van der Waals surface area contributed by atoms with E-state index in [-0.39, 0.29) is 17.2 Å². The Balaban J connectivity index is 1.80. The van der Waals surface area contributed by atoms with Crippen LogP contribution >= 0.6 is 0 Å². The van der Waals surface area contributed by atoms with Crippen molar-refractivity contribution in [1.82, 2.24) is 20.0 Å². The zero-order chi connectivity index (χ0) is 24.7. The molecule has 9 nitrogen and oxygen atoms in total. The van der Waals surface area contributed by atoms with Gasteiger partial charge in [-0.3, -0.25) is 4.99 Å². The number of rotatable bonds is 4. The summed E-state index contributed by atoms with van der Waals surface area (Å²) >= 11 is 0. The second-order valence-corrected chi connectivity index (χ2v) is 11.4. The SMILES string of the molecule is CN=S1(=O)C[C@@](CF)(c2cc(-c3cn(-c4ccc(C#N)cn4)nn3)ccc2F)N=C(N)C1(C)C. The minimum Gasteiger partial charge on any atom is -0.386 e. The molecule has 176 valence electrons. The number of pyridine rings is 1. The largest absolute Gasteiger partial charge is 0.386 e. The van der Waals surface area contributed by atoms with Gasteiger partial charge in [0.2, 0.25) is 0 Å². The molecule has 0 saturated heterocycles. The number of halogens is 2. The average molecular weight is 485 g/mol. The minimum absolute atomic E-state index is 0.0466. The first kappa shape index (κ1) is 23.4. The summed E-state index contributed by atoms with van der Waals surface area (Å²) in [6.45, 7) is 2.15. The lowest BCUT2D eigenvalue weighted by molar-refractivity contribution is 0.327. The van der Waals surface area contributed by atoms with Crippen molar-refractivity contribution in [3.8, 4) is 23.1 Å². The molecule has 34 heavy (non-hydrogen) atoms. The first-order chi connectivity index (χ1) is 16.1. The standard InChI is InChI=1S/C22H22F2N8OS/c1-21(2)20(26)29-22(12-23,13-34(21,33)27-3)16-8-15(5-6-17(16)24)18-11-32(31-30-18)19-7-4-14(9-25)10-28-19/h4-8,10-11H,12-13H2,1-3H3,(H2,26,29)/t22-,34?/m0/s1. The Morgan fingerprint density at radius 1 is 1.32 bits per heavy atom. The Morgan fingerprint density at radius 2 is 2.09 bits per heavy atom. The summed E-state index contributed by atoms with van der Waals surface area (Å²) in [5, 5.41) is 17.1. The van der Waals surface area contributed by atoms with Crippen molar-refractivity contribution in [3.63, 3.8) is 0 Å². The van der Waals surface area contributed by atoms with Crippen LogP contribution in [0.15, 0.2) is 52.1 Å². The number of aliphatic imine (C=N–C) groups is 1. The molecule has 0 saturated carbocycles. The second kappa shape index (κ2) is 8.25. The van der Waals surface area contributed by atoms with E-state index in [0.717, 1.165) is 0 Å². The smallest absolute Gasteiger partial charge is 0.155 e. The number of nitrogens with two attached hydrogens (primary N) is 1. The molecule has 1 aromatic carbocycles. The van der Waals surface area contributed by atoms with Crippen molar-refractivity contribution in [1.29, 1.82) is 5.26 Å². The second-order valence-electron chi connectivity index (χ2n) is 8.40. The van der Waals surface area contributed by atoms with Gasteiger partial charge in [0.1, 0.15) is 40.4 Å². The van der Waals surface area contributed by atoms with E-state index in [0.29, 0.717) is 22.6 Å². The van der Waals surface area contributed by atoms with Crippen LogP contribution in [-0.2, 0) is 15.3 Å². The molecule has 2 N–H and O–H groups in total. The topological polar surface area (TPSA) is 135 Å². The third kappa shape index (κ3) is 3.62. The molecule has 0 radical (unpaired) electrons. The molecular weight excluding hydrogens is 462 g/mol. The van der Waals surface area contributed by atoms with Gasteiger partial charge >= 0.3 is 0 Å². The van der Waals surface area contributed by atoms with Gasteiger partial charge < -0.3 is 5.73 Å². The Kier molecular flexibility index (Phi) is 5.69. The molecule has 1 aliphatic heterocycles. The van der Waals surface area contributed by atoms with Crippen LogP contribution < -0.4 is 5.73 Å². The molecule has 4 rings (SSSR count). The molecule has 12 heteroatoms. The fraction of sp³-hybridized carbons (Fsp3) is 0.318. The lowest BCUT2D eigenvalue weighted by atomic mass is 9.90. The molecule has 0 bridgehead atoms. The number of amidine groups is 1. The Labute approximate surface area is 195 Å². The average Bonchev–Trinajstić information content (AvgIpc) is 3.33. The molecule has 0 fully saturated rings. The summed E-state index contributed by atoms with van der Waals surface area (Å²) in [4.78, 5) is 8.48. The highest BCUT2D eigenvalue weighted by Gasteiger charge is 2.50. The summed E-state index contributed by atoms with van der Waals surface area (Å²) in [6.07, 6.45) is 2.97. The Bertz CT molecular complexity index is 1450. The summed E-state index contributed by atoms with van der Waals surface area (Å²) in [6, 6.07) is 9.26. The third-order valence-electron chi connectivity index (χ3n) is 6.07. The van der Waals surface area contributed by atoms with E-state index in [2.05, 4.69) is 24.7 Å². The summed E-state index contributed by atoms with van der Waals surface area (Å²) in [5.41, 5.74) is 5.44. The molecule has 2 atom stereocenters. The zero-order valence-electron chi connectivity index (χ0n) is 18.7. The molecule has 0 aliphatic carbocycles. The lowest BCUT2D eigenvalue weighted by Gasteiger charge is -2.41. The van der Waals surface area contributed by atoms with Crippen molar-refractivity contribution in [3.05, 3.63) is 59.7 Å². The van der Waals surface area contributed by atoms with E-state index in [1.54, 1.807) is 32.2 Å². The van der Waals surface area contributed by atoms with E-state index < -0.39 is 32.5 Å². The predicted molar refractivity (Wildman–Crippen MR) is 124 cm³/mol. The van der Waals surface area contributed by atoms with Crippen molar-refractivity contribution < 1.29 is 13.0 Å². The first-order valence-corrected chi connectivity index (χ1v) is 11.9. The quantitative estimate of drug-likeness (QED) is 0.605. The van der Waals surface area contributed by atoms with Crippen LogP contribution in [0.4, 0.5) is 8.78 Å². The maximum Gasteiger partial charge on any atom is 0.155 e. The van der Waals surface area contributed by atoms with Crippen molar-refractivity contribution >= 4 is 15.6 Å². The van der Waals surface area contributed by atoms with Gasteiger partial charge in [-0.2, -0.15) is 5.26 Å². The van der Waals surface area contributed by atoms with Gasteiger partial charge in [0.25, 0.3) is 0 Å². The number of hydrogen-bond acceptors (Lipinski definition) is 8. The van der Waals surface area contributed by atoms with Gasteiger partial charge in [-0.15, -0.1) is 5.10 Å². The van der Waals surface area contributed by atoms with Gasteiger partial charge in [-0.25, -0.2) is 27.0 Å². The summed E-state index contributed by atoms with van der Waals surface area (Å²) < 4.78 is 47.5. The van der Waals surface area contributed by atoms with Gasteiger partial charge in [0.05, 0.1) is 27.2 Å². The number of benzene rings is 1. The highest BCUT2D eigenvalue weighted by atomic mass is 32.2. The van der Waals surface area contributed by atoms with Gasteiger partial charge in [-0.1, -0.05) is 5.21 Å². The highest BCUT2D eigenvalue weighted by Crippen LogP contribution is 2.40. The van der Waals surface area contributed by atoms with E-state index in [1.807, 2.05) is 6.07 Å². The molecule has 1 aliphatic rings. The van der Waals surface area contributed by atoms with Crippen LogP contribution in [-0.4, -0.2) is 54.2 Å². The zero-order valence-corrected chi connectivity index (χ0v) is 19.6. The molecule has 0 spiro atoms. The summed E-state index contributed by atoms with van der Waals surface area (Å²) in [7, 11) is -1.67. The van der Waals surface area contributed by atoms with Crippen LogP contribution in [0.5, 0.6) is 0 Å². The number of nitrogens with zero attached hydrogens (tertiary/aromatic N) is 7. The molecule has 3 aromatic rings. The monoisotopic (exact) mass is 484 g/mol. The predicted octanol–water partition coefficient (Wildman–Crippen LogP) is 2.75. The summed E-state index contributed by atoms with van der Waals surface area (Å²) in [5.74, 6) is -0.647. The van der Waals surface area contributed by atoms with Crippen molar-refractivity contribution in [2.45, 2.75) is 24.1 Å². The first-order valence-electron chi connectivity index (χ1n) is 10.2. The van der Waals surface area contributed by atoms with Gasteiger partial charge in [0, 0.05) is 24.4 Å². The van der Waals surface area contributed by atoms with Crippen LogP contribution in [0.3, 0.4) is 0 Å². The van der Waals surface area contributed by atoms with E-state index in [4.69, 9.17) is 11.0 Å². The maximum atomic E-state index is 15.0. The normalized spacial score (nSPS) is 23.7. The van der Waals surface area contributed by atoms with Crippen LogP contribution in [0, 0.1) is 17.1 Å². The minimum atomic E-state index is -3.06. The molecule has 2 aromatic heterocycles. The third-order valence-corrected chi connectivity index (χ3v) is 9.33. The molecule has 1 unspecified atom stereocenters. The number of nitriles is 1. The van der Waals surface area contributed by atoms with E-state index in [9.17, 15) is 8.60 Å². The molecular formula is C22H22F2N8OS. The van der Waals surface area contributed by atoms with Crippen molar-refractivity contribution in [2.75, 3.05) is 19.5 Å². The molecule has 3 heterocycles.